The van der Waals surface area contributed by atoms with Gasteiger partial charge in [0, 0.05) is 11.8 Å². The summed E-state index contributed by atoms with van der Waals surface area (Å²) in [6, 6.07) is 10.9. The summed E-state index contributed by atoms with van der Waals surface area (Å²) >= 11 is 0. The zero-order chi connectivity index (χ0) is 26.0. The summed E-state index contributed by atoms with van der Waals surface area (Å²) in [4.78, 5) is 12.9. The van der Waals surface area contributed by atoms with Crippen LogP contribution in [0.25, 0.3) is 0 Å². The largest absolute Gasteiger partial charge is 0.494 e. The number of carbonyl (C=O) groups excluding carboxylic acids is 1. The molecular formula is C26H35N3O6S. The van der Waals surface area contributed by atoms with E-state index >= 15 is 0 Å². The van der Waals surface area contributed by atoms with Crippen molar-refractivity contribution < 1.29 is 27.4 Å². The average Bonchev–Trinajstić information content (AvgIpc) is 2.87. The molecule has 1 N–H and O–H groups in total. The Bertz CT molecular complexity index is 1140. The van der Waals surface area contributed by atoms with Crippen molar-refractivity contribution in [2.45, 2.75) is 56.8 Å². The average molecular weight is 518 g/mol. The number of rotatable bonds is 10. The van der Waals surface area contributed by atoms with E-state index in [1.54, 1.807) is 24.3 Å². The Balaban J connectivity index is 1.89. The van der Waals surface area contributed by atoms with Gasteiger partial charge in [-0.05, 0) is 69.0 Å². The fourth-order valence-corrected chi connectivity index (χ4v) is 5.46. The number of nitrogens with one attached hydrogen (secondary N) is 1. The molecule has 1 fully saturated rings. The van der Waals surface area contributed by atoms with E-state index in [2.05, 4.69) is 10.5 Å². The number of nitrogens with zero attached hydrogens (tertiary/aromatic N) is 2. The smallest absolute Gasteiger partial charge is 0.264 e. The molecule has 2 aromatic rings. The Morgan fingerprint density at radius 3 is 2.19 bits per heavy atom. The molecule has 2 aromatic carbocycles. The second-order valence-electron chi connectivity index (χ2n) is 8.44. The van der Waals surface area contributed by atoms with Gasteiger partial charge in [0.05, 0.1) is 31.4 Å². The molecule has 1 saturated carbocycles. The molecule has 1 amide bonds. The van der Waals surface area contributed by atoms with Crippen molar-refractivity contribution in [3.63, 3.8) is 0 Å². The minimum absolute atomic E-state index is 0.0341. The molecule has 3 rings (SSSR count). The predicted molar refractivity (Wildman–Crippen MR) is 140 cm³/mol. The molecule has 0 aliphatic heterocycles. The standard InChI is InChI=1S/C26H35N3O6S/c1-4-35-22-14-12-21(13-15-22)29(19-26(30)28-27-20-10-8-6-5-7-9-11-20)36(31,32)23-16-17-24(33-2)25(18-23)34-3/h12-18H,4-11,19H2,1-3H3,(H,28,30). The summed E-state index contributed by atoms with van der Waals surface area (Å²) in [5.74, 6) is 0.745. The Morgan fingerprint density at radius 1 is 0.944 bits per heavy atom. The van der Waals surface area contributed by atoms with Crippen LogP contribution in [0, 0.1) is 0 Å². The predicted octanol–water partition coefficient (Wildman–Crippen LogP) is 4.51. The molecule has 196 valence electrons. The molecular weight excluding hydrogens is 482 g/mol. The van der Waals surface area contributed by atoms with E-state index in [9.17, 15) is 13.2 Å². The van der Waals surface area contributed by atoms with Gasteiger partial charge in [-0.25, -0.2) is 13.8 Å². The van der Waals surface area contributed by atoms with Crippen molar-refractivity contribution >= 4 is 27.3 Å². The van der Waals surface area contributed by atoms with Crippen LogP contribution in [-0.4, -0.2) is 47.4 Å². The third-order valence-electron chi connectivity index (χ3n) is 5.94. The van der Waals surface area contributed by atoms with Crippen LogP contribution in [0.4, 0.5) is 5.69 Å². The van der Waals surface area contributed by atoms with E-state index in [0.717, 1.165) is 48.5 Å². The molecule has 0 spiro atoms. The second kappa shape index (κ2) is 13.2. The van der Waals surface area contributed by atoms with E-state index in [0.29, 0.717) is 23.8 Å². The van der Waals surface area contributed by atoms with E-state index in [1.807, 2.05) is 6.92 Å². The number of hydrogen-bond donors (Lipinski definition) is 1. The van der Waals surface area contributed by atoms with Crippen molar-refractivity contribution in [2.75, 3.05) is 31.7 Å². The lowest BCUT2D eigenvalue weighted by Crippen LogP contribution is -2.39. The van der Waals surface area contributed by atoms with E-state index in [4.69, 9.17) is 14.2 Å². The highest BCUT2D eigenvalue weighted by molar-refractivity contribution is 7.92. The summed E-state index contributed by atoms with van der Waals surface area (Å²) in [5, 5.41) is 4.31. The van der Waals surface area contributed by atoms with Gasteiger partial charge in [-0.1, -0.05) is 19.3 Å². The van der Waals surface area contributed by atoms with E-state index in [-0.39, 0.29) is 10.6 Å². The van der Waals surface area contributed by atoms with Gasteiger partial charge >= 0.3 is 0 Å². The monoisotopic (exact) mass is 517 g/mol. The number of benzene rings is 2. The SMILES string of the molecule is CCOc1ccc(N(CC(=O)NN=C2CCCCCCC2)S(=O)(=O)c2ccc(OC)c(OC)c2)cc1. The topological polar surface area (TPSA) is 107 Å². The van der Waals surface area contributed by atoms with Gasteiger partial charge in [-0.15, -0.1) is 0 Å². The fraction of sp³-hybridized carbons (Fsp3) is 0.462. The highest BCUT2D eigenvalue weighted by Gasteiger charge is 2.28. The first-order valence-corrected chi connectivity index (χ1v) is 13.6. The minimum Gasteiger partial charge on any atom is -0.494 e. The van der Waals surface area contributed by atoms with Gasteiger partial charge in [-0.2, -0.15) is 5.10 Å². The zero-order valence-corrected chi connectivity index (χ0v) is 22.0. The molecule has 0 bridgehead atoms. The number of carbonyl (C=O) groups is 1. The summed E-state index contributed by atoms with van der Waals surface area (Å²) in [5.41, 5.74) is 3.83. The quantitative estimate of drug-likeness (QED) is 0.465. The highest BCUT2D eigenvalue weighted by atomic mass is 32.2. The number of sulfonamides is 1. The van der Waals surface area contributed by atoms with Crippen LogP contribution in [0.2, 0.25) is 0 Å². The van der Waals surface area contributed by atoms with Crippen LogP contribution < -0.4 is 23.9 Å². The maximum absolute atomic E-state index is 13.7. The van der Waals surface area contributed by atoms with Gasteiger partial charge in [-0.3, -0.25) is 9.10 Å². The second-order valence-corrected chi connectivity index (χ2v) is 10.3. The maximum Gasteiger partial charge on any atom is 0.264 e. The number of ether oxygens (including phenoxy) is 3. The molecule has 36 heavy (non-hydrogen) atoms. The number of methoxy groups -OCH3 is 2. The lowest BCUT2D eigenvalue weighted by molar-refractivity contribution is -0.119. The van der Waals surface area contributed by atoms with Crippen LogP contribution in [0.5, 0.6) is 17.2 Å². The van der Waals surface area contributed by atoms with Crippen molar-refractivity contribution in [2.24, 2.45) is 5.10 Å². The van der Waals surface area contributed by atoms with Crippen LogP contribution in [0.1, 0.15) is 51.9 Å². The Labute approximate surface area is 213 Å². The van der Waals surface area contributed by atoms with Crippen LogP contribution >= 0.6 is 0 Å². The molecule has 9 nitrogen and oxygen atoms in total. The molecule has 0 atom stereocenters. The normalized spacial score (nSPS) is 14.2. The first kappa shape index (κ1) is 27.3. The molecule has 0 unspecified atom stereocenters. The minimum atomic E-state index is -4.14. The molecule has 10 heteroatoms. The third-order valence-corrected chi connectivity index (χ3v) is 7.71. The van der Waals surface area contributed by atoms with Gasteiger partial charge in [0.15, 0.2) is 11.5 Å². The Morgan fingerprint density at radius 2 is 1.58 bits per heavy atom. The fourth-order valence-electron chi connectivity index (χ4n) is 4.03. The lowest BCUT2D eigenvalue weighted by atomic mass is 9.99. The summed E-state index contributed by atoms with van der Waals surface area (Å²) in [6.07, 6.45) is 7.30. The lowest BCUT2D eigenvalue weighted by Gasteiger charge is -2.24. The molecule has 0 saturated heterocycles. The van der Waals surface area contributed by atoms with E-state index < -0.39 is 22.5 Å². The van der Waals surface area contributed by atoms with Gasteiger partial charge in [0.1, 0.15) is 12.3 Å². The van der Waals surface area contributed by atoms with Crippen LogP contribution in [0.15, 0.2) is 52.5 Å². The van der Waals surface area contributed by atoms with Gasteiger partial charge in [0.2, 0.25) is 0 Å². The number of anilines is 1. The molecule has 1 aliphatic rings. The van der Waals surface area contributed by atoms with Crippen molar-refractivity contribution in [3.8, 4) is 17.2 Å². The van der Waals surface area contributed by atoms with Crippen LogP contribution in [-0.2, 0) is 14.8 Å². The number of hydrazone groups is 1. The van der Waals surface area contributed by atoms with Crippen molar-refractivity contribution in [3.05, 3.63) is 42.5 Å². The number of amides is 1. The first-order chi connectivity index (χ1) is 17.4. The van der Waals surface area contributed by atoms with Gasteiger partial charge in [0.25, 0.3) is 15.9 Å². The molecule has 1 aliphatic carbocycles. The number of hydrogen-bond acceptors (Lipinski definition) is 7. The summed E-state index contributed by atoms with van der Waals surface area (Å²) < 4.78 is 44.5. The summed E-state index contributed by atoms with van der Waals surface area (Å²) in [7, 11) is -1.23. The highest BCUT2D eigenvalue weighted by Crippen LogP contribution is 2.32. The molecule has 0 aromatic heterocycles. The van der Waals surface area contributed by atoms with Crippen molar-refractivity contribution in [1.29, 1.82) is 0 Å². The Hall–Kier alpha value is -3.27. The molecule has 0 radical (unpaired) electrons. The molecule has 0 heterocycles. The third kappa shape index (κ3) is 7.13. The van der Waals surface area contributed by atoms with Gasteiger partial charge < -0.3 is 14.2 Å². The maximum atomic E-state index is 13.7. The van der Waals surface area contributed by atoms with Crippen LogP contribution in [0.3, 0.4) is 0 Å². The first-order valence-electron chi connectivity index (χ1n) is 12.2. The van der Waals surface area contributed by atoms with E-state index in [1.165, 1.54) is 38.8 Å². The zero-order valence-electron chi connectivity index (χ0n) is 21.2. The van der Waals surface area contributed by atoms with Crippen molar-refractivity contribution in [1.82, 2.24) is 5.43 Å². The summed E-state index contributed by atoms with van der Waals surface area (Å²) in [6.45, 7) is 1.90. The Kier molecular flexibility index (Phi) is 9.98.